The summed E-state index contributed by atoms with van der Waals surface area (Å²) in [6, 6.07) is 16.4. The molecule has 5 rings (SSSR count). The first-order valence-corrected chi connectivity index (χ1v) is 12.4. The zero-order valence-corrected chi connectivity index (χ0v) is 18.7. The zero-order chi connectivity index (χ0) is 21.6. The standard InChI is InChI=1S/C22H18ClN3O3S2/c23-17-7-9-24-18-6-5-14(11-16(17)18)13-22(8-10-25-21(22)27)26-31(28,29)20-12-15-3-1-2-4-19(15)30-20/h1-7,9,11-12,26H,8,10,13H2,(H,25,27)/t22-/m1/s1. The minimum Gasteiger partial charge on any atom is -0.354 e. The van der Waals surface area contributed by atoms with E-state index < -0.39 is 15.6 Å². The fourth-order valence-electron chi connectivity index (χ4n) is 3.99. The molecule has 0 spiro atoms. The van der Waals surface area contributed by atoms with Gasteiger partial charge in [0, 0.05) is 29.2 Å². The molecule has 0 radical (unpaired) electrons. The van der Waals surface area contributed by atoms with Gasteiger partial charge in [-0.05, 0) is 47.7 Å². The third-order valence-electron chi connectivity index (χ3n) is 5.53. The van der Waals surface area contributed by atoms with Gasteiger partial charge in [0.25, 0.3) is 10.0 Å². The Morgan fingerprint density at radius 3 is 2.77 bits per heavy atom. The smallest absolute Gasteiger partial charge is 0.251 e. The van der Waals surface area contributed by atoms with E-state index in [-0.39, 0.29) is 16.5 Å². The molecule has 2 N–H and O–H groups in total. The molecule has 1 aliphatic heterocycles. The van der Waals surface area contributed by atoms with E-state index in [0.29, 0.717) is 18.0 Å². The lowest BCUT2D eigenvalue weighted by atomic mass is 9.90. The fourth-order valence-corrected chi connectivity index (χ4v) is 6.99. The molecule has 1 amide bonds. The van der Waals surface area contributed by atoms with Gasteiger partial charge < -0.3 is 5.32 Å². The van der Waals surface area contributed by atoms with Gasteiger partial charge in [-0.2, -0.15) is 4.72 Å². The number of aromatic nitrogens is 1. The first kappa shape index (κ1) is 20.4. The highest BCUT2D eigenvalue weighted by atomic mass is 35.5. The summed E-state index contributed by atoms with van der Waals surface area (Å²) in [6.07, 6.45) is 2.20. The number of carbonyl (C=O) groups is 1. The van der Waals surface area contributed by atoms with Gasteiger partial charge >= 0.3 is 0 Å². The summed E-state index contributed by atoms with van der Waals surface area (Å²) in [5.74, 6) is -0.324. The van der Waals surface area contributed by atoms with Crippen LogP contribution in [0.1, 0.15) is 12.0 Å². The van der Waals surface area contributed by atoms with Crippen molar-refractivity contribution in [1.82, 2.24) is 15.0 Å². The number of fused-ring (bicyclic) bond motifs is 2. The summed E-state index contributed by atoms with van der Waals surface area (Å²) in [6.45, 7) is 0.406. The molecule has 1 atom stereocenters. The van der Waals surface area contributed by atoms with Crippen LogP contribution in [0, 0.1) is 0 Å². The molecule has 1 fully saturated rings. The maximum atomic E-state index is 13.3. The molecule has 31 heavy (non-hydrogen) atoms. The number of pyridine rings is 1. The van der Waals surface area contributed by atoms with Crippen molar-refractivity contribution in [2.24, 2.45) is 0 Å². The molecule has 0 unspecified atom stereocenters. The molecule has 0 bridgehead atoms. The first-order chi connectivity index (χ1) is 14.9. The Kier molecular flexibility index (Phi) is 4.97. The molecule has 6 nitrogen and oxygen atoms in total. The third-order valence-corrected chi connectivity index (χ3v) is 8.98. The number of hydrogen-bond donors (Lipinski definition) is 2. The van der Waals surface area contributed by atoms with Gasteiger partial charge in [0.2, 0.25) is 5.91 Å². The van der Waals surface area contributed by atoms with Crippen LogP contribution < -0.4 is 10.0 Å². The number of sulfonamides is 1. The molecule has 3 heterocycles. The maximum absolute atomic E-state index is 13.3. The van der Waals surface area contributed by atoms with Crippen molar-refractivity contribution in [2.75, 3.05) is 6.54 Å². The molecule has 2 aromatic carbocycles. The van der Waals surface area contributed by atoms with E-state index >= 15 is 0 Å². The van der Waals surface area contributed by atoms with Gasteiger partial charge in [-0.1, -0.05) is 35.9 Å². The maximum Gasteiger partial charge on any atom is 0.251 e. The molecule has 1 aliphatic rings. The number of halogens is 1. The predicted octanol–water partition coefficient (Wildman–Crippen LogP) is 3.88. The molecule has 0 aliphatic carbocycles. The Morgan fingerprint density at radius 1 is 1.16 bits per heavy atom. The van der Waals surface area contributed by atoms with Crippen LogP contribution in [-0.4, -0.2) is 31.4 Å². The van der Waals surface area contributed by atoms with Gasteiger partial charge in [-0.15, -0.1) is 11.3 Å². The van der Waals surface area contributed by atoms with Crippen molar-refractivity contribution >= 4 is 59.9 Å². The summed E-state index contributed by atoms with van der Waals surface area (Å²) in [5.41, 5.74) is 0.280. The van der Waals surface area contributed by atoms with E-state index in [1.807, 2.05) is 42.5 Å². The van der Waals surface area contributed by atoms with Crippen LogP contribution in [0.2, 0.25) is 5.02 Å². The van der Waals surface area contributed by atoms with Gasteiger partial charge in [0.15, 0.2) is 0 Å². The van der Waals surface area contributed by atoms with Crippen molar-refractivity contribution in [1.29, 1.82) is 0 Å². The van der Waals surface area contributed by atoms with Crippen LogP contribution in [0.3, 0.4) is 0 Å². The van der Waals surface area contributed by atoms with Crippen molar-refractivity contribution in [2.45, 2.75) is 22.6 Å². The Hall–Kier alpha value is -2.52. The molecule has 9 heteroatoms. The zero-order valence-electron chi connectivity index (χ0n) is 16.3. The lowest BCUT2D eigenvalue weighted by molar-refractivity contribution is -0.124. The molecule has 2 aromatic heterocycles. The lowest BCUT2D eigenvalue weighted by Crippen LogP contribution is -2.54. The van der Waals surface area contributed by atoms with E-state index in [1.165, 1.54) is 11.3 Å². The Morgan fingerprint density at radius 2 is 2.00 bits per heavy atom. The minimum atomic E-state index is -3.90. The molecular weight excluding hydrogens is 454 g/mol. The second-order valence-corrected chi connectivity index (χ2v) is 11.0. The molecule has 0 saturated carbocycles. The average Bonchev–Trinajstić information content (AvgIpc) is 3.33. The van der Waals surface area contributed by atoms with E-state index in [1.54, 1.807) is 18.3 Å². The highest BCUT2D eigenvalue weighted by Gasteiger charge is 2.46. The van der Waals surface area contributed by atoms with E-state index in [4.69, 9.17) is 11.6 Å². The third kappa shape index (κ3) is 3.70. The van der Waals surface area contributed by atoms with E-state index in [0.717, 1.165) is 26.6 Å². The van der Waals surface area contributed by atoms with Crippen LogP contribution in [0.25, 0.3) is 21.0 Å². The van der Waals surface area contributed by atoms with Crippen LogP contribution >= 0.6 is 22.9 Å². The summed E-state index contributed by atoms with van der Waals surface area (Å²) in [5, 5.41) is 4.96. The van der Waals surface area contributed by atoms with E-state index in [2.05, 4.69) is 15.0 Å². The van der Waals surface area contributed by atoms with Crippen molar-refractivity contribution in [3.8, 4) is 0 Å². The highest BCUT2D eigenvalue weighted by molar-refractivity contribution is 7.91. The van der Waals surface area contributed by atoms with Gasteiger partial charge in [0.05, 0.1) is 10.5 Å². The number of benzene rings is 2. The van der Waals surface area contributed by atoms with Crippen LogP contribution in [0.15, 0.2) is 65.0 Å². The number of amides is 1. The number of thiophene rings is 1. The van der Waals surface area contributed by atoms with Crippen LogP contribution in [-0.2, 0) is 21.2 Å². The Bertz CT molecular complexity index is 1400. The monoisotopic (exact) mass is 471 g/mol. The normalized spacial score (nSPS) is 19.2. The number of nitrogens with zero attached hydrogens (tertiary/aromatic N) is 1. The molecule has 1 saturated heterocycles. The van der Waals surface area contributed by atoms with Crippen molar-refractivity contribution in [3.05, 3.63) is 71.4 Å². The minimum absolute atomic E-state index is 0.193. The largest absolute Gasteiger partial charge is 0.354 e. The predicted molar refractivity (Wildman–Crippen MR) is 123 cm³/mol. The molecule has 4 aromatic rings. The summed E-state index contributed by atoms with van der Waals surface area (Å²) in [4.78, 5) is 17.1. The second-order valence-electron chi connectivity index (χ2n) is 7.62. The number of nitrogens with one attached hydrogen (secondary N) is 2. The quantitative estimate of drug-likeness (QED) is 0.462. The van der Waals surface area contributed by atoms with E-state index in [9.17, 15) is 13.2 Å². The molecular formula is C22H18ClN3O3S2. The number of hydrogen-bond acceptors (Lipinski definition) is 5. The van der Waals surface area contributed by atoms with Crippen molar-refractivity contribution < 1.29 is 13.2 Å². The summed E-state index contributed by atoms with van der Waals surface area (Å²) >= 11 is 7.49. The summed E-state index contributed by atoms with van der Waals surface area (Å²) < 4.78 is 30.3. The Labute approximate surface area is 188 Å². The lowest BCUT2D eigenvalue weighted by Gasteiger charge is -2.27. The number of rotatable bonds is 5. The molecule has 158 valence electrons. The van der Waals surface area contributed by atoms with Gasteiger partial charge in [-0.25, -0.2) is 8.42 Å². The Balaban J connectivity index is 1.52. The fraction of sp³-hybridized carbons (Fsp3) is 0.182. The van der Waals surface area contributed by atoms with Crippen LogP contribution in [0.5, 0.6) is 0 Å². The number of carbonyl (C=O) groups excluding carboxylic acids is 1. The van der Waals surface area contributed by atoms with Crippen LogP contribution in [0.4, 0.5) is 0 Å². The highest BCUT2D eigenvalue weighted by Crippen LogP contribution is 2.32. The topological polar surface area (TPSA) is 88.2 Å². The summed E-state index contributed by atoms with van der Waals surface area (Å²) in [7, 11) is -3.90. The second kappa shape index (κ2) is 7.56. The van der Waals surface area contributed by atoms with Gasteiger partial charge in [0.1, 0.15) is 9.75 Å². The first-order valence-electron chi connectivity index (χ1n) is 9.70. The van der Waals surface area contributed by atoms with Crippen molar-refractivity contribution in [3.63, 3.8) is 0 Å². The SMILES string of the molecule is O=C1NCC[C@]1(Cc1ccc2nccc(Cl)c2c1)NS(=O)(=O)c1cc2ccccc2s1. The average molecular weight is 472 g/mol. The van der Waals surface area contributed by atoms with Gasteiger partial charge in [-0.3, -0.25) is 9.78 Å².